The maximum Gasteiger partial charge on any atom is 0.227 e. The van der Waals surface area contributed by atoms with Crippen LogP contribution in [0.25, 0.3) is 11.1 Å². The number of carbonyl (C=O) groups is 1. The van der Waals surface area contributed by atoms with E-state index in [4.69, 9.17) is 4.74 Å². The number of pyridine rings is 1. The molecule has 3 rings (SSSR count). The van der Waals surface area contributed by atoms with Crippen molar-refractivity contribution in [2.24, 2.45) is 11.3 Å². The van der Waals surface area contributed by atoms with E-state index in [1.807, 2.05) is 32.2 Å². The fourth-order valence-electron chi connectivity index (χ4n) is 3.73. The van der Waals surface area contributed by atoms with E-state index >= 15 is 0 Å². The summed E-state index contributed by atoms with van der Waals surface area (Å²) in [5, 5.41) is 12.7. The van der Waals surface area contributed by atoms with Gasteiger partial charge in [-0.3, -0.25) is 9.78 Å². The second-order valence-electron chi connectivity index (χ2n) is 8.01. The van der Waals surface area contributed by atoms with Gasteiger partial charge in [-0.2, -0.15) is 0 Å². The molecule has 1 fully saturated rings. The molecular formula is C23H30N2O3. The summed E-state index contributed by atoms with van der Waals surface area (Å²) in [5.74, 6) is 0.212. The molecule has 2 N–H and O–H groups in total. The zero-order chi connectivity index (χ0) is 20.0. The molecule has 1 amide bonds. The zero-order valence-electron chi connectivity index (χ0n) is 16.7. The van der Waals surface area contributed by atoms with Crippen LogP contribution >= 0.6 is 0 Å². The van der Waals surface area contributed by atoms with E-state index in [0.717, 1.165) is 16.7 Å². The number of ether oxygens (including phenoxy) is 1. The minimum Gasteiger partial charge on any atom is -0.394 e. The molecule has 1 atom stereocenters. The molecule has 1 aromatic carbocycles. The first-order chi connectivity index (χ1) is 13.5. The van der Waals surface area contributed by atoms with E-state index in [1.165, 1.54) is 0 Å². The summed E-state index contributed by atoms with van der Waals surface area (Å²) in [6.45, 7) is 5.15. The SMILES string of the molecule is CC(C)[C@H](CO)NC(=O)C1(Cc2ccc(-c3cccnc3)cc2)CCOCC1. The average molecular weight is 383 g/mol. The molecule has 0 unspecified atom stereocenters. The van der Waals surface area contributed by atoms with E-state index in [2.05, 4.69) is 34.6 Å². The Morgan fingerprint density at radius 1 is 1.18 bits per heavy atom. The van der Waals surface area contributed by atoms with Gasteiger partial charge in [0.25, 0.3) is 0 Å². The molecular weight excluding hydrogens is 352 g/mol. The monoisotopic (exact) mass is 382 g/mol. The summed E-state index contributed by atoms with van der Waals surface area (Å²) in [5.41, 5.74) is 2.84. The lowest BCUT2D eigenvalue weighted by molar-refractivity contribution is -0.138. The molecule has 0 aliphatic carbocycles. The van der Waals surface area contributed by atoms with Crippen molar-refractivity contribution in [3.05, 3.63) is 54.4 Å². The molecule has 0 saturated carbocycles. The Balaban J connectivity index is 1.77. The lowest BCUT2D eigenvalue weighted by Gasteiger charge is -2.37. The van der Waals surface area contributed by atoms with Crippen molar-refractivity contribution in [1.82, 2.24) is 10.3 Å². The second kappa shape index (κ2) is 9.30. The van der Waals surface area contributed by atoms with Crippen molar-refractivity contribution >= 4 is 5.91 Å². The van der Waals surface area contributed by atoms with Crippen LogP contribution < -0.4 is 5.32 Å². The van der Waals surface area contributed by atoms with Gasteiger partial charge >= 0.3 is 0 Å². The highest BCUT2D eigenvalue weighted by atomic mass is 16.5. The minimum atomic E-state index is -0.490. The quantitative estimate of drug-likeness (QED) is 0.771. The van der Waals surface area contributed by atoms with Gasteiger partial charge < -0.3 is 15.2 Å². The highest BCUT2D eigenvalue weighted by Gasteiger charge is 2.41. The van der Waals surface area contributed by atoms with Crippen LogP contribution in [0.2, 0.25) is 0 Å². The first-order valence-corrected chi connectivity index (χ1v) is 10.0. The van der Waals surface area contributed by atoms with Gasteiger partial charge in [-0.1, -0.05) is 44.2 Å². The van der Waals surface area contributed by atoms with Gasteiger partial charge in [0.1, 0.15) is 0 Å². The Hall–Kier alpha value is -2.24. The van der Waals surface area contributed by atoms with Crippen molar-refractivity contribution in [1.29, 1.82) is 0 Å². The molecule has 28 heavy (non-hydrogen) atoms. The number of benzene rings is 1. The van der Waals surface area contributed by atoms with Crippen LogP contribution in [0.5, 0.6) is 0 Å². The number of nitrogens with zero attached hydrogens (tertiary/aromatic N) is 1. The largest absolute Gasteiger partial charge is 0.394 e. The predicted molar refractivity (Wildman–Crippen MR) is 110 cm³/mol. The standard InChI is InChI=1S/C23H30N2O3/c1-17(2)21(16-26)25-22(27)23(9-12-28-13-10-23)14-18-5-7-19(8-6-18)20-4-3-11-24-15-20/h3-8,11,15,17,21,26H,9-10,12-14,16H2,1-2H3,(H,25,27)/t21-/m0/s1. The van der Waals surface area contributed by atoms with Crippen LogP contribution in [0.15, 0.2) is 48.8 Å². The minimum absolute atomic E-state index is 0.0277. The summed E-state index contributed by atoms with van der Waals surface area (Å²) < 4.78 is 5.53. The molecule has 5 nitrogen and oxygen atoms in total. The molecule has 1 aromatic heterocycles. The van der Waals surface area contributed by atoms with Crippen LogP contribution in [0, 0.1) is 11.3 Å². The van der Waals surface area contributed by atoms with E-state index in [9.17, 15) is 9.90 Å². The molecule has 1 aliphatic heterocycles. The Kier molecular flexibility index (Phi) is 6.81. The number of nitrogens with one attached hydrogen (secondary N) is 1. The molecule has 0 bridgehead atoms. The molecule has 0 spiro atoms. The Bertz CT molecular complexity index is 753. The van der Waals surface area contributed by atoms with Crippen LogP contribution in [0.4, 0.5) is 0 Å². The third kappa shape index (κ3) is 4.78. The van der Waals surface area contributed by atoms with Gasteiger partial charge in [0.15, 0.2) is 0 Å². The Labute approximate surface area is 167 Å². The first-order valence-electron chi connectivity index (χ1n) is 10.0. The Morgan fingerprint density at radius 3 is 2.46 bits per heavy atom. The highest BCUT2D eigenvalue weighted by Crippen LogP contribution is 2.35. The van der Waals surface area contributed by atoms with Crippen molar-refractivity contribution in [3.8, 4) is 11.1 Å². The lowest BCUT2D eigenvalue weighted by atomic mass is 9.74. The van der Waals surface area contributed by atoms with Gasteiger partial charge in [0.05, 0.1) is 18.1 Å². The van der Waals surface area contributed by atoms with E-state index in [1.54, 1.807) is 6.20 Å². The average Bonchev–Trinajstić information content (AvgIpc) is 2.73. The molecule has 2 aromatic rings. The van der Waals surface area contributed by atoms with Crippen molar-refractivity contribution in [2.45, 2.75) is 39.2 Å². The van der Waals surface area contributed by atoms with Crippen molar-refractivity contribution in [3.63, 3.8) is 0 Å². The number of aromatic nitrogens is 1. The van der Waals surface area contributed by atoms with Gasteiger partial charge in [0, 0.05) is 25.6 Å². The van der Waals surface area contributed by atoms with Gasteiger partial charge in [-0.25, -0.2) is 0 Å². The fourth-order valence-corrected chi connectivity index (χ4v) is 3.73. The molecule has 150 valence electrons. The van der Waals surface area contributed by atoms with Crippen molar-refractivity contribution < 1.29 is 14.6 Å². The molecule has 1 saturated heterocycles. The lowest BCUT2D eigenvalue weighted by Crippen LogP contribution is -2.51. The number of aliphatic hydroxyl groups excluding tert-OH is 1. The highest BCUT2D eigenvalue weighted by molar-refractivity contribution is 5.83. The normalized spacial score (nSPS) is 17.3. The molecule has 0 radical (unpaired) electrons. The van der Waals surface area contributed by atoms with E-state index in [0.29, 0.717) is 32.5 Å². The third-order valence-corrected chi connectivity index (χ3v) is 5.74. The number of carbonyl (C=O) groups excluding carboxylic acids is 1. The summed E-state index contributed by atoms with van der Waals surface area (Å²) in [7, 11) is 0. The number of amides is 1. The Morgan fingerprint density at radius 2 is 1.89 bits per heavy atom. The summed E-state index contributed by atoms with van der Waals surface area (Å²) >= 11 is 0. The maximum absolute atomic E-state index is 13.2. The number of hydrogen-bond acceptors (Lipinski definition) is 4. The summed E-state index contributed by atoms with van der Waals surface area (Å²) in [4.78, 5) is 17.4. The summed E-state index contributed by atoms with van der Waals surface area (Å²) in [6.07, 6.45) is 5.68. The molecule has 1 aliphatic rings. The number of aliphatic hydroxyl groups is 1. The van der Waals surface area contributed by atoms with Crippen LogP contribution in [-0.4, -0.2) is 41.9 Å². The van der Waals surface area contributed by atoms with Gasteiger partial charge in [0.2, 0.25) is 5.91 Å². The topological polar surface area (TPSA) is 71.5 Å². The van der Waals surface area contributed by atoms with Crippen molar-refractivity contribution in [2.75, 3.05) is 19.8 Å². The zero-order valence-corrected chi connectivity index (χ0v) is 16.7. The number of rotatable bonds is 7. The van der Waals surface area contributed by atoms with Crippen LogP contribution in [0.3, 0.4) is 0 Å². The van der Waals surface area contributed by atoms with E-state index in [-0.39, 0.29) is 24.5 Å². The summed E-state index contributed by atoms with van der Waals surface area (Å²) in [6, 6.07) is 12.1. The third-order valence-electron chi connectivity index (χ3n) is 5.74. The first kappa shape index (κ1) is 20.5. The van der Waals surface area contributed by atoms with Crippen LogP contribution in [0.1, 0.15) is 32.3 Å². The molecule has 2 heterocycles. The van der Waals surface area contributed by atoms with Gasteiger partial charge in [-0.05, 0) is 47.9 Å². The van der Waals surface area contributed by atoms with E-state index < -0.39 is 5.41 Å². The van der Waals surface area contributed by atoms with Crippen LogP contribution in [-0.2, 0) is 16.0 Å². The predicted octanol–water partition coefficient (Wildman–Crippen LogP) is 3.22. The maximum atomic E-state index is 13.2. The smallest absolute Gasteiger partial charge is 0.227 e. The molecule has 5 heteroatoms. The fraction of sp³-hybridized carbons (Fsp3) is 0.478. The number of hydrogen-bond donors (Lipinski definition) is 2. The van der Waals surface area contributed by atoms with Gasteiger partial charge in [-0.15, -0.1) is 0 Å². The second-order valence-corrected chi connectivity index (χ2v) is 8.01.